The molecule has 1 atom stereocenters. The van der Waals surface area contributed by atoms with Crippen molar-refractivity contribution in [3.05, 3.63) is 35.4 Å². The number of carboxylic acids is 1. The van der Waals surface area contributed by atoms with Crippen molar-refractivity contribution in [1.29, 1.82) is 0 Å². The van der Waals surface area contributed by atoms with Gasteiger partial charge in [0.1, 0.15) is 12.4 Å². The maximum Gasteiger partial charge on any atom is 0.308 e. The van der Waals surface area contributed by atoms with Crippen LogP contribution in [0.1, 0.15) is 18.4 Å². The Kier molecular flexibility index (Phi) is 5.25. The highest BCUT2D eigenvalue weighted by Gasteiger charge is 2.29. The second-order valence-corrected chi connectivity index (χ2v) is 6.67. The van der Waals surface area contributed by atoms with Crippen molar-refractivity contribution in [1.82, 2.24) is 9.80 Å². The fourth-order valence-corrected chi connectivity index (χ4v) is 3.26. The summed E-state index contributed by atoms with van der Waals surface area (Å²) in [7, 11) is 1.57. The number of likely N-dealkylation sites (tertiary alicyclic amines) is 1. The Morgan fingerprint density at radius 3 is 2.85 bits per heavy atom. The van der Waals surface area contributed by atoms with Crippen LogP contribution in [0.5, 0.6) is 5.75 Å². The highest BCUT2D eigenvalue weighted by Crippen LogP contribution is 2.26. The number of carbonyl (C=O) groups excluding carboxylic acids is 2. The highest BCUT2D eigenvalue weighted by atomic mass is 16.5. The van der Waals surface area contributed by atoms with Gasteiger partial charge in [0, 0.05) is 25.7 Å². The summed E-state index contributed by atoms with van der Waals surface area (Å²) >= 11 is 0. The Hall–Kier alpha value is -2.83. The number of aliphatic carboxylic acids is 1. The number of carbonyl (C=O) groups is 3. The molecule has 1 aromatic rings. The number of ether oxygens (including phenoxy) is 1. The van der Waals surface area contributed by atoms with E-state index in [0.29, 0.717) is 25.0 Å². The minimum atomic E-state index is -0.880. The van der Waals surface area contributed by atoms with Crippen LogP contribution in [0, 0.1) is 5.92 Å². The summed E-state index contributed by atoms with van der Waals surface area (Å²) in [4.78, 5) is 39.1. The molecule has 2 aliphatic rings. The average Bonchev–Trinajstić information content (AvgIpc) is 2.67. The molecule has 2 heterocycles. The molecule has 1 N–H and O–H groups in total. The number of carboxylic acid groups (broad SMARTS) is 1. The first-order chi connectivity index (χ1) is 12.5. The van der Waals surface area contributed by atoms with Gasteiger partial charge in [0.05, 0.1) is 18.0 Å². The molecule has 0 spiro atoms. The van der Waals surface area contributed by atoms with Gasteiger partial charge in [0.2, 0.25) is 5.91 Å². The molecule has 0 radical (unpaired) electrons. The van der Waals surface area contributed by atoms with Crippen LogP contribution in [0.25, 0.3) is 6.08 Å². The lowest BCUT2D eigenvalue weighted by molar-refractivity contribution is -0.147. The standard InChI is InChI=1S/C19H22N2O5/c1-20(11-17(22)21-8-4-6-14(10-21)19(24)25)18(23)15-9-13-5-2-3-7-16(13)26-12-15/h2-3,5,7,9,14H,4,6,8,10-12H2,1H3,(H,24,25). The van der Waals surface area contributed by atoms with E-state index >= 15 is 0 Å². The number of piperidine rings is 1. The van der Waals surface area contributed by atoms with Crippen molar-refractivity contribution in [3.8, 4) is 5.75 Å². The van der Waals surface area contributed by atoms with Crippen molar-refractivity contribution in [2.24, 2.45) is 5.92 Å². The average molecular weight is 358 g/mol. The van der Waals surface area contributed by atoms with Crippen LogP contribution >= 0.6 is 0 Å². The summed E-state index contributed by atoms with van der Waals surface area (Å²) in [5, 5.41) is 9.13. The summed E-state index contributed by atoms with van der Waals surface area (Å²) in [6.07, 6.45) is 3.02. The number of fused-ring (bicyclic) bond motifs is 1. The molecule has 1 saturated heterocycles. The molecule has 1 fully saturated rings. The SMILES string of the molecule is CN(CC(=O)N1CCCC(C(=O)O)C1)C(=O)C1=Cc2ccccc2OC1. The third kappa shape index (κ3) is 3.87. The van der Waals surface area contributed by atoms with E-state index in [9.17, 15) is 14.4 Å². The van der Waals surface area contributed by atoms with Crippen LogP contribution in [0.4, 0.5) is 0 Å². The molecule has 0 aliphatic carbocycles. The lowest BCUT2D eigenvalue weighted by Gasteiger charge is -2.32. The van der Waals surface area contributed by atoms with E-state index in [1.165, 1.54) is 9.80 Å². The number of nitrogens with zero attached hydrogens (tertiary/aromatic N) is 2. The Morgan fingerprint density at radius 2 is 2.08 bits per heavy atom. The number of rotatable bonds is 4. The Labute approximate surface area is 151 Å². The second kappa shape index (κ2) is 7.59. The Balaban J connectivity index is 1.62. The lowest BCUT2D eigenvalue weighted by atomic mass is 9.98. The van der Waals surface area contributed by atoms with Gasteiger partial charge >= 0.3 is 5.97 Å². The second-order valence-electron chi connectivity index (χ2n) is 6.67. The van der Waals surface area contributed by atoms with Gasteiger partial charge in [-0.15, -0.1) is 0 Å². The van der Waals surface area contributed by atoms with E-state index in [1.807, 2.05) is 24.3 Å². The van der Waals surface area contributed by atoms with E-state index in [0.717, 1.165) is 11.3 Å². The van der Waals surface area contributed by atoms with Gasteiger partial charge in [0.25, 0.3) is 5.91 Å². The predicted molar refractivity (Wildman–Crippen MR) is 94.5 cm³/mol. The van der Waals surface area contributed by atoms with Crippen molar-refractivity contribution in [3.63, 3.8) is 0 Å². The molecule has 2 amide bonds. The number of hydrogen-bond acceptors (Lipinski definition) is 4. The van der Waals surface area contributed by atoms with E-state index in [2.05, 4.69) is 0 Å². The quantitative estimate of drug-likeness (QED) is 0.875. The van der Waals surface area contributed by atoms with Crippen molar-refractivity contribution in [2.75, 3.05) is 33.3 Å². The fraction of sp³-hybridized carbons (Fsp3) is 0.421. The summed E-state index contributed by atoms with van der Waals surface area (Å²) in [5.41, 5.74) is 1.32. The van der Waals surface area contributed by atoms with Crippen LogP contribution in [0.15, 0.2) is 29.8 Å². The highest BCUT2D eigenvalue weighted by molar-refractivity contribution is 6.00. The van der Waals surface area contributed by atoms with Crippen LogP contribution in [-0.2, 0) is 14.4 Å². The molecule has 0 bridgehead atoms. The van der Waals surface area contributed by atoms with Gasteiger partial charge in [-0.3, -0.25) is 14.4 Å². The largest absolute Gasteiger partial charge is 0.488 e. The molecule has 0 saturated carbocycles. The zero-order valence-electron chi connectivity index (χ0n) is 14.7. The molecule has 0 aromatic heterocycles. The third-order valence-electron chi connectivity index (χ3n) is 4.75. The van der Waals surface area contributed by atoms with Crippen molar-refractivity contribution >= 4 is 23.9 Å². The van der Waals surface area contributed by atoms with Gasteiger partial charge in [-0.1, -0.05) is 18.2 Å². The number of amides is 2. The number of benzene rings is 1. The van der Waals surface area contributed by atoms with Crippen LogP contribution < -0.4 is 4.74 Å². The summed E-state index contributed by atoms with van der Waals surface area (Å²) in [6, 6.07) is 7.45. The Bertz CT molecular complexity index is 758. The maximum absolute atomic E-state index is 12.6. The molecule has 138 valence electrons. The predicted octanol–water partition coefficient (Wildman–Crippen LogP) is 1.24. The van der Waals surface area contributed by atoms with E-state index in [4.69, 9.17) is 9.84 Å². The van der Waals surface area contributed by atoms with Crippen LogP contribution in [0.2, 0.25) is 0 Å². The van der Waals surface area contributed by atoms with E-state index in [1.54, 1.807) is 13.1 Å². The smallest absolute Gasteiger partial charge is 0.308 e. The molecule has 1 unspecified atom stereocenters. The first-order valence-corrected chi connectivity index (χ1v) is 8.64. The fourth-order valence-electron chi connectivity index (χ4n) is 3.26. The van der Waals surface area contributed by atoms with Crippen LogP contribution in [0.3, 0.4) is 0 Å². The molecular formula is C19H22N2O5. The monoisotopic (exact) mass is 358 g/mol. The minimum Gasteiger partial charge on any atom is -0.488 e. The molecule has 3 rings (SSSR count). The van der Waals surface area contributed by atoms with Gasteiger partial charge in [0.15, 0.2) is 0 Å². The first-order valence-electron chi connectivity index (χ1n) is 8.64. The molecule has 7 nitrogen and oxygen atoms in total. The normalized spacial score (nSPS) is 19.0. The van der Waals surface area contributed by atoms with E-state index < -0.39 is 11.9 Å². The molecular weight excluding hydrogens is 336 g/mol. The van der Waals surface area contributed by atoms with E-state index in [-0.39, 0.29) is 31.5 Å². The van der Waals surface area contributed by atoms with Gasteiger partial charge in [-0.2, -0.15) is 0 Å². The number of para-hydroxylation sites is 1. The molecule has 1 aromatic carbocycles. The molecule has 2 aliphatic heterocycles. The molecule has 7 heteroatoms. The van der Waals surface area contributed by atoms with Gasteiger partial charge < -0.3 is 19.6 Å². The minimum absolute atomic E-state index is 0.0792. The zero-order chi connectivity index (χ0) is 18.7. The Morgan fingerprint density at radius 1 is 1.31 bits per heavy atom. The number of hydrogen-bond donors (Lipinski definition) is 1. The summed E-state index contributed by atoms with van der Waals surface area (Å²) in [6.45, 7) is 0.822. The lowest BCUT2D eigenvalue weighted by Crippen LogP contribution is -2.47. The zero-order valence-corrected chi connectivity index (χ0v) is 14.7. The third-order valence-corrected chi connectivity index (χ3v) is 4.75. The van der Waals surface area contributed by atoms with Gasteiger partial charge in [-0.25, -0.2) is 0 Å². The van der Waals surface area contributed by atoms with Crippen molar-refractivity contribution in [2.45, 2.75) is 12.8 Å². The first kappa shape index (κ1) is 18.0. The maximum atomic E-state index is 12.6. The van der Waals surface area contributed by atoms with Gasteiger partial charge in [-0.05, 0) is 25.0 Å². The summed E-state index contributed by atoms with van der Waals surface area (Å²) in [5.74, 6) is -1.17. The van der Waals surface area contributed by atoms with Crippen LogP contribution in [-0.4, -0.2) is 66.0 Å². The molecule has 26 heavy (non-hydrogen) atoms. The topological polar surface area (TPSA) is 87.2 Å². The van der Waals surface area contributed by atoms with Crippen molar-refractivity contribution < 1.29 is 24.2 Å². The summed E-state index contributed by atoms with van der Waals surface area (Å²) < 4.78 is 5.59. The number of likely N-dealkylation sites (N-methyl/N-ethyl adjacent to an activating group) is 1.